The molecule has 19 heavy (non-hydrogen) atoms. The summed E-state index contributed by atoms with van der Waals surface area (Å²) in [4.78, 5) is 12.0. The molecule has 0 aliphatic heterocycles. The standard InChI is InChI=1S/C14H12ClFN2O/c1-8-6-9(17)2-4-11(8)14(19)18-10-3-5-12(15)13(16)7-10/h2-7H,17H2,1H3,(H,18,19). The van der Waals surface area contributed by atoms with Gasteiger partial charge >= 0.3 is 0 Å². The summed E-state index contributed by atoms with van der Waals surface area (Å²) >= 11 is 5.58. The average molecular weight is 279 g/mol. The molecule has 0 unspecified atom stereocenters. The van der Waals surface area contributed by atoms with E-state index >= 15 is 0 Å². The number of hydrogen-bond acceptors (Lipinski definition) is 2. The molecule has 0 atom stereocenters. The summed E-state index contributed by atoms with van der Waals surface area (Å²) < 4.78 is 13.3. The lowest BCUT2D eigenvalue weighted by Gasteiger charge is -2.08. The van der Waals surface area contributed by atoms with Gasteiger partial charge in [-0.15, -0.1) is 0 Å². The Morgan fingerprint density at radius 1 is 1.26 bits per heavy atom. The lowest BCUT2D eigenvalue weighted by Crippen LogP contribution is -2.13. The van der Waals surface area contributed by atoms with Gasteiger partial charge in [0.2, 0.25) is 0 Å². The number of carbonyl (C=O) groups excluding carboxylic acids is 1. The van der Waals surface area contributed by atoms with Crippen LogP contribution in [0.15, 0.2) is 36.4 Å². The Morgan fingerprint density at radius 3 is 2.63 bits per heavy atom. The van der Waals surface area contributed by atoms with Crippen molar-refractivity contribution in [1.82, 2.24) is 0 Å². The number of hydrogen-bond donors (Lipinski definition) is 2. The maximum absolute atomic E-state index is 13.3. The normalized spacial score (nSPS) is 10.3. The number of rotatable bonds is 2. The van der Waals surface area contributed by atoms with Crippen LogP contribution < -0.4 is 11.1 Å². The number of benzene rings is 2. The second kappa shape index (κ2) is 5.28. The highest BCUT2D eigenvalue weighted by Gasteiger charge is 2.10. The molecule has 3 N–H and O–H groups in total. The molecule has 0 aromatic heterocycles. The molecular weight excluding hydrogens is 267 g/mol. The van der Waals surface area contributed by atoms with Gasteiger partial charge in [0.25, 0.3) is 5.91 Å². The molecule has 98 valence electrons. The number of carbonyl (C=O) groups is 1. The number of nitrogens with two attached hydrogens (primary N) is 1. The molecule has 2 rings (SSSR count). The lowest BCUT2D eigenvalue weighted by molar-refractivity contribution is 0.102. The van der Waals surface area contributed by atoms with Gasteiger partial charge in [0.15, 0.2) is 0 Å². The van der Waals surface area contributed by atoms with Crippen molar-refractivity contribution in [1.29, 1.82) is 0 Å². The molecule has 0 saturated carbocycles. The van der Waals surface area contributed by atoms with Crippen molar-refractivity contribution in [2.75, 3.05) is 11.1 Å². The molecule has 5 heteroatoms. The van der Waals surface area contributed by atoms with E-state index in [1.807, 2.05) is 0 Å². The van der Waals surface area contributed by atoms with Gasteiger partial charge in [-0.2, -0.15) is 0 Å². The molecule has 0 saturated heterocycles. The number of nitrogen functional groups attached to an aromatic ring is 1. The minimum atomic E-state index is -0.575. The highest BCUT2D eigenvalue weighted by Crippen LogP contribution is 2.20. The van der Waals surface area contributed by atoms with Crippen molar-refractivity contribution in [3.63, 3.8) is 0 Å². The Balaban J connectivity index is 2.23. The van der Waals surface area contributed by atoms with Crippen molar-refractivity contribution in [2.45, 2.75) is 6.92 Å². The second-order valence-electron chi connectivity index (χ2n) is 4.16. The first kappa shape index (κ1) is 13.4. The zero-order valence-corrected chi connectivity index (χ0v) is 11.0. The van der Waals surface area contributed by atoms with E-state index < -0.39 is 5.82 Å². The fourth-order valence-corrected chi connectivity index (χ4v) is 1.83. The zero-order chi connectivity index (χ0) is 14.0. The maximum Gasteiger partial charge on any atom is 0.255 e. The molecule has 0 radical (unpaired) electrons. The summed E-state index contributed by atoms with van der Waals surface area (Å²) in [5.74, 6) is -0.896. The smallest absolute Gasteiger partial charge is 0.255 e. The monoisotopic (exact) mass is 278 g/mol. The molecule has 2 aromatic rings. The van der Waals surface area contributed by atoms with Gasteiger partial charge in [-0.1, -0.05) is 11.6 Å². The molecule has 1 amide bonds. The van der Waals surface area contributed by atoms with Gasteiger partial charge in [-0.3, -0.25) is 4.79 Å². The minimum Gasteiger partial charge on any atom is -0.399 e. The number of halogens is 2. The van der Waals surface area contributed by atoms with Gasteiger partial charge in [-0.25, -0.2) is 4.39 Å². The number of aryl methyl sites for hydroxylation is 1. The van der Waals surface area contributed by atoms with Crippen LogP contribution in [0.3, 0.4) is 0 Å². The first-order valence-corrected chi connectivity index (χ1v) is 5.97. The molecule has 2 aromatic carbocycles. The molecule has 0 fully saturated rings. The molecule has 0 heterocycles. The van der Waals surface area contributed by atoms with Gasteiger partial charge in [0.05, 0.1) is 5.02 Å². The molecule has 0 bridgehead atoms. The first-order valence-electron chi connectivity index (χ1n) is 5.60. The summed E-state index contributed by atoms with van der Waals surface area (Å²) in [5.41, 5.74) is 7.81. The fraction of sp³-hybridized carbons (Fsp3) is 0.0714. The summed E-state index contributed by atoms with van der Waals surface area (Å²) in [6, 6.07) is 9.08. The lowest BCUT2D eigenvalue weighted by atomic mass is 10.1. The van der Waals surface area contributed by atoms with Crippen LogP contribution in [-0.4, -0.2) is 5.91 Å². The van der Waals surface area contributed by atoms with Crippen LogP contribution in [0.2, 0.25) is 5.02 Å². The van der Waals surface area contributed by atoms with Crippen molar-refractivity contribution in [3.05, 3.63) is 58.4 Å². The summed E-state index contributed by atoms with van der Waals surface area (Å²) in [6.07, 6.45) is 0. The van der Waals surface area contributed by atoms with Gasteiger partial charge < -0.3 is 11.1 Å². The van der Waals surface area contributed by atoms with Crippen LogP contribution in [-0.2, 0) is 0 Å². The Hall–Kier alpha value is -2.07. The third kappa shape index (κ3) is 3.03. The number of nitrogens with one attached hydrogen (secondary N) is 1. The third-order valence-corrected chi connectivity index (χ3v) is 2.98. The Kier molecular flexibility index (Phi) is 3.71. The SMILES string of the molecule is Cc1cc(N)ccc1C(=O)Nc1ccc(Cl)c(F)c1. The van der Waals surface area contributed by atoms with E-state index in [1.165, 1.54) is 18.2 Å². The summed E-state index contributed by atoms with van der Waals surface area (Å²) in [7, 11) is 0. The molecule has 0 aliphatic rings. The van der Waals surface area contributed by atoms with Crippen molar-refractivity contribution < 1.29 is 9.18 Å². The van der Waals surface area contributed by atoms with E-state index in [4.69, 9.17) is 17.3 Å². The van der Waals surface area contributed by atoms with Crippen LogP contribution in [0.5, 0.6) is 0 Å². The maximum atomic E-state index is 13.3. The molecular formula is C14H12ClFN2O. The Labute approximate surface area is 115 Å². The van der Waals surface area contributed by atoms with E-state index in [0.29, 0.717) is 16.9 Å². The van der Waals surface area contributed by atoms with Crippen LogP contribution in [0.1, 0.15) is 15.9 Å². The average Bonchev–Trinajstić information content (AvgIpc) is 2.33. The quantitative estimate of drug-likeness (QED) is 0.824. The minimum absolute atomic E-state index is 0.0154. The van der Waals surface area contributed by atoms with E-state index in [1.54, 1.807) is 25.1 Å². The van der Waals surface area contributed by atoms with Crippen LogP contribution >= 0.6 is 11.6 Å². The number of amides is 1. The highest BCUT2D eigenvalue weighted by atomic mass is 35.5. The van der Waals surface area contributed by atoms with Crippen molar-refractivity contribution >= 4 is 28.9 Å². The summed E-state index contributed by atoms with van der Waals surface area (Å²) in [6.45, 7) is 1.79. The number of anilines is 2. The van der Waals surface area contributed by atoms with Crippen LogP contribution in [0.25, 0.3) is 0 Å². The first-order chi connectivity index (χ1) is 8.97. The van der Waals surface area contributed by atoms with Crippen molar-refractivity contribution in [2.24, 2.45) is 0 Å². The van der Waals surface area contributed by atoms with E-state index in [-0.39, 0.29) is 10.9 Å². The van der Waals surface area contributed by atoms with Crippen molar-refractivity contribution in [3.8, 4) is 0 Å². The highest BCUT2D eigenvalue weighted by molar-refractivity contribution is 6.30. The van der Waals surface area contributed by atoms with E-state index in [2.05, 4.69) is 5.32 Å². The van der Waals surface area contributed by atoms with Crippen LogP contribution in [0, 0.1) is 12.7 Å². The van der Waals surface area contributed by atoms with Gasteiger partial charge in [0.1, 0.15) is 5.82 Å². The van der Waals surface area contributed by atoms with Gasteiger partial charge in [0, 0.05) is 16.9 Å². The third-order valence-electron chi connectivity index (χ3n) is 2.67. The van der Waals surface area contributed by atoms with Gasteiger partial charge in [-0.05, 0) is 48.9 Å². The Morgan fingerprint density at radius 2 is 2.00 bits per heavy atom. The van der Waals surface area contributed by atoms with E-state index in [9.17, 15) is 9.18 Å². The molecule has 0 aliphatic carbocycles. The fourth-order valence-electron chi connectivity index (χ4n) is 1.71. The van der Waals surface area contributed by atoms with E-state index in [0.717, 1.165) is 5.56 Å². The summed E-state index contributed by atoms with van der Waals surface area (Å²) in [5, 5.41) is 2.62. The predicted octanol–water partition coefficient (Wildman–Crippen LogP) is 3.62. The predicted molar refractivity (Wildman–Crippen MR) is 75.0 cm³/mol. The second-order valence-corrected chi connectivity index (χ2v) is 4.56. The largest absolute Gasteiger partial charge is 0.399 e. The molecule has 3 nitrogen and oxygen atoms in total. The topological polar surface area (TPSA) is 55.1 Å². The molecule has 0 spiro atoms. The van der Waals surface area contributed by atoms with Crippen LogP contribution in [0.4, 0.5) is 15.8 Å². The zero-order valence-electron chi connectivity index (χ0n) is 10.2. The Bertz CT molecular complexity index is 643.